The van der Waals surface area contributed by atoms with Gasteiger partial charge in [-0.05, 0) is 39.0 Å². The molecule has 0 aromatic heterocycles. The quantitative estimate of drug-likeness (QED) is 0.141. The zero-order valence-corrected chi connectivity index (χ0v) is 25.6. The highest BCUT2D eigenvalue weighted by Crippen LogP contribution is 2.24. The van der Waals surface area contributed by atoms with Crippen molar-refractivity contribution in [1.29, 1.82) is 0 Å². The first-order valence-corrected chi connectivity index (χ1v) is 14.7. The Kier molecular flexibility index (Phi) is 18.2. The third-order valence-electron chi connectivity index (χ3n) is 7.03. The molecule has 8 N–H and O–H groups in total. The predicted octanol–water partition coefficient (Wildman–Crippen LogP) is 2.53. The number of hydrogen-bond donors (Lipinski definition) is 6. The molecule has 0 radical (unpaired) electrons. The van der Waals surface area contributed by atoms with E-state index in [2.05, 4.69) is 20.9 Å². The predicted molar refractivity (Wildman–Crippen MR) is 156 cm³/mol. The van der Waals surface area contributed by atoms with E-state index in [1.165, 1.54) is 0 Å². The summed E-state index contributed by atoms with van der Waals surface area (Å²) in [6, 6.07) is -0.671. The maximum Gasteiger partial charge on any atom is 0.490 e. The number of nitrogens with two attached hydrogens (primary N) is 2. The average Bonchev–Trinajstić information content (AvgIpc) is 2.91. The Morgan fingerprint density at radius 1 is 1.07 bits per heavy atom. The fraction of sp³-hybridized carbons (Fsp3) is 0.786. The van der Waals surface area contributed by atoms with E-state index in [1.807, 2.05) is 6.92 Å². The Labute approximate surface area is 251 Å². The van der Waals surface area contributed by atoms with E-state index in [0.29, 0.717) is 38.8 Å². The van der Waals surface area contributed by atoms with E-state index in [9.17, 15) is 32.3 Å². The fourth-order valence-electron chi connectivity index (χ4n) is 4.30. The molecule has 0 bridgehead atoms. The van der Waals surface area contributed by atoms with E-state index in [1.54, 1.807) is 20.8 Å². The molecule has 0 saturated carbocycles. The molecule has 1 saturated heterocycles. The van der Waals surface area contributed by atoms with Gasteiger partial charge in [-0.3, -0.25) is 24.2 Å². The summed E-state index contributed by atoms with van der Waals surface area (Å²) in [7, 11) is 0. The first kappa shape index (κ1) is 39.6. The molecule has 43 heavy (non-hydrogen) atoms. The third-order valence-corrected chi connectivity index (χ3v) is 7.03. The minimum atomic E-state index is -5.08. The molecule has 1 rings (SSSR count). The number of hydrogen-bond acceptors (Lipinski definition) is 6. The average molecular weight is 623 g/mol. The number of rotatable bonds is 7. The molecule has 1 aliphatic rings. The maximum atomic E-state index is 13.6. The van der Waals surface area contributed by atoms with Crippen molar-refractivity contribution in [1.82, 2.24) is 16.0 Å². The normalized spacial score (nSPS) is 23.1. The van der Waals surface area contributed by atoms with Crippen molar-refractivity contribution in [3.05, 3.63) is 0 Å². The van der Waals surface area contributed by atoms with Crippen molar-refractivity contribution < 1.29 is 42.3 Å². The number of ketones is 1. The van der Waals surface area contributed by atoms with Gasteiger partial charge in [0.1, 0.15) is 6.04 Å². The van der Waals surface area contributed by atoms with Crippen LogP contribution in [-0.2, 0) is 24.0 Å². The fourth-order valence-corrected chi connectivity index (χ4v) is 4.30. The van der Waals surface area contributed by atoms with E-state index in [4.69, 9.17) is 21.4 Å². The van der Waals surface area contributed by atoms with Gasteiger partial charge in [-0.15, -0.1) is 0 Å². The number of alkyl halides is 3. The lowest BCUT2D eigenvalue weighted by Gasteiger charge is -2.32. The molecule has 0 aromatic carbocycles. The Morgan fingerprint density at radius 2 is 1.63 bits per heavy atom. The molecule has 0 aromatic rings. The number of nitrogens with zero attached hydrogens (tertiary/aromatic N) is 1. The number of carbonyl (C=O) groups excluding carboxylic acids is 4. The SMILES string of the molecule is CC[C@@H]1NC(=O)[C@H](CCCN=C(N)N)CC(=O)[C@](C)(NC(=O)C(C)C)CCCCCCCCNC1=O.O=C(O)C(F)(F)F. The summed E-state index contributed by atoms with van der Waals surface area (Å²) in [4.78, 5) is 65.0. The molecule has 3 atom stereocenters. The van der Waals surface area contributed by atoms with Gasteiger partial charge in [0.15, 0.2) is 11.7 Å². The number of Topliss-reactive ketones (excluding diaryl/α,β-unsaturated/α-hetero) is 1. The molecular weight excluding hydrogens is 573 g/mol. The number of halogens is 3. The van der Waals surface area contributed by atoms with Crippen LogP contribution in [0.2, 0.25) is 0 Å². The van der Waals surface area contributed by atoms with E-state index < -0.39 is 29.6 Å². The second kappa shape index (κ2) is 19.7. The molecule has 12 nitrogen and oxygen atoms in total. The Hall–Kier alpha value is -3.39. The highest BCUT2D eigenvalue weighted by atomic mass is 19.4. The highest BCUT2D eigenvalue weighted by molar-refractivity contribution is 5.96. The summed E-state index contributed by atoms with van der Waals surface area (Å²) >= 11 is 0. The van der Waals surface area contributed by atoms with E-state index in [-0.39, 0.29) is 41.8 Å². The zero-order valence-electron chi connectivity index (χ0n) is 25.6. The van der Waals surface area contributed by atoms with Gasteiger partial charge in [0.2, 0.25) is 17.7 Å². The third kappa shape index (κ3) is 16.7. The van der Waals surface area contributed by atoms with Crippen LogP contribution in [0.25, 0.3) is 0 Å². The van der Waals surface area contributed by atoms with Gasteiger partial charge >= 0.3 is 12.1 Å². The van der Waals surface area contributed by atoms with Gasteiger partial charge in [0.25, 0.3) is 0 Å². The van der Waals surface area contributed by atoms with Gasteiger partial charge in [-0.25, -0.2) is 4.79 Å². The van der Waals surface area contributed by atoms with Crippen molar-refractivity contribution in [2.24, 2.45) is 28.3 Å². The first-order chi connectivity index (χ1) is 19.9. The van der Waals surface area contributed by atoms with Crippen LogP contribution >= 0.6 is 0 Å². The number of aliphatic imine (C=N–C) groups is 1. The molecule has 0 unspecified atom stereocenters. The van der Waals surface area contributed by atoms with Crippen LogP contribution in [0.3, 0.4) is 0 Å². The number of carboxylic acids is 1. The summed E-state index contributed by atoms with van der Waals surface area (Å²) < 4.78 is 31.7. The number of nitrogens with one attached hydrogen (secondary N) is 3. The van der Waals surface area contributed by atoms with Crippen LogP contribution < -0.4 is 27.4 Å². The molecule has 0 aliphatic carbocycles. The number of carbonyl (C=O) groups is 5. The largest absolute Gasteiger partial charge is 0.490 e. The standard InChI is InChI=1S/C26H48N6O4.C2HF3O2/c1-5-20-24(36)29-15-11-9-7-6-8-10-14-26(4,32-22(34)18(2)3)21(33)17-19(23(35)31-20)13-12-16-30-25(27)28;3-2(4,5)1(6)7/h18-20H,5-17H2,1-4H3,(H,29,36)(H,31,35)(H,32,34)(H4,27,28,30);(H,6,7)/t19-,20+,26-;/m1./s1. The van der Waals surface area contributed by atoms with Crippen molar-refractivity contribution in [2.75, 3.05) is 13.1 Å². The number of carboxylic acid groups (broad SMARTS) is 1. The van der Waals surface area contributed by atoms with Crippen LogP contribution in [0, 0.1) is 11.8 Å². The Bertz CT molecular complexity index is 956. The minimum Gasteiger partial charge on any atom is -0.475 e. The molecule has 1 aliphatic heterocycles. The topological polar surface area (TPSA) is 206 Å². The lowest BCUT2D eigenvalue weighted by molar-refractivity contribution is -0.192. The highest BCUT2D eigenvalue weighted by Gasteiger charge is 2.39. The summed E-state index contributed by atoms with van der Waals surface area (Å²) in [6.07, 6.45) is 2.42. The van der Waals surface area contributed by atoms with Crippen LogP contribution in [-0.4, -0.2) is 71.4 Å². The van der Waals surface area contributed by atoms with E-state index >= 15 is 0 Å². The first-order valence-electron chi connectivity index (χ1n) is 14.7. The Morgan fingerprint density at radius 3 is 2.14 bits per heavy atom. The molecule has 248 valence electrons. The second-order valence-electron chi connectivity index (χ2n) is 11.2. The number of guanidine groups is 1. The summed E-state index contributed by atoms with van der Waals surface area (Å²) in [5.74, 6) is -4.65. The molecule has 0 spiro atoms. The van der Waals surface area contributed by atoms with Crippen LogP contribution in [0.4, 0.5) is 13.2 Å². The van der Waals surface area contributed by atoms with Crippen LogP contribution in [0.15, 0.2) is 4.99 Å². The lowest BCUT2D eigenvalue weighted by atomic mass is 9.82. The summed E-state index contributed by atoms with van der Waals surface area (Å²) in [5.41, 5.74) is 9.75. The van der Waals surface area contributed by atoms with Crippen LogP contribution in [0.1, 0.15) is 98.3 Å². The summed E-state index contributed by atoms with van der Waals surface area (Å²) in [6.45, 7) is 8.09. The van der Waals surface area contributed by atoms with Gasteiger partial charge in [0, 0.05) is 31.3 Å². The second-order valence-corrected chi connectivity index (χ2v) is 11.2. The monoisotopic (exact) mass is 622 g/mol. The minimum absolute atomic E-state index is 0.0314. The van der Waals surface area contributed by atoms with E-state index in [0.717, 1.165) is 38.5 Å². The Balaban J connectivity index is 0.00000223. The van der Waals surface area contributed by atoms with Gasteiger partial charge in [-0.2, -0.15) is 13.2 Å². The number of amides is 3. The lowest BCUT2D eigenvalue weighted by Crippen LogP contribution is -2.54. The van der Waals surface area contributed by atoms with Crippen molar-refractivity contribution in [3.63, 3.8) is 0 Å². The zero-order chi connectivity index (χ0) is 33.2. The van der Waals surface area contributed by atoms with Crippen molar-refractivity contribution in [3.8, 4) is 0 Å². The van der Waals surface area contributed by atoms with Crippen LogP contribution in [0.5, 0.6) is 0 Å². The maximum absolute atomic E-state index is 13.6. The smallest absolute Gasteiger partial charge is 0.475 e. The van der Waals surface area contributed by atoms with Gasteiger partial charge in [-0.1, -0.05) is 52.9 Å². The molecule has 1 fully saturated rings. The van der Waals surface area contributed by atoms with Gasteiger partial charge in [0.05, 0.1) is 5.54 Å². The van der Waals surface area contributed by atoms with Crippen molar-refractivity contribution in [2.45, 2.75) is 116 Å². The molecule has 3 amide bonds. The summed E-state index contributed by atoms with van der Waals surface area (Å²) in [5, 5.41) is 15.8. The molecule has 1 heterocycles. The molecular formula is C28H49F3N6O6. The number of aliphatic carboxylic acids is 1. The van der Waals surface area contributed by atoms with Gasteiger partial charge < -0.3 is 32.5 Å². The van der Waals surface area contributed by atoms with Crippen molar-refractivity contribution >= 4 is 35.4 Å². The molecule has 15 heteroatoms.